The Morgan fingerprint density at radius 2 is 1.12 bits per heavy atom. The molecule has 2 unspecified atom stereocenters. The lowest BCUT2D eigenvalue weighted by Crippen LogP contribution is -2.17. The Bertz CT molecular complexity index is 133. The zero-order chi connectivity index (χ0) is 12.2. The summed E-state index contributed by atoms with van der Waals surface area (Å²) in [6, 6.07) is 0. The summed E-state index contributed by atoms with van der Waals surface area (Å²) in [6.07, 6.45) is 0.349. The van der Waals surface area contributed by atoms with Gasteiger partial charge in [-0.2, -0.15) is 23.5 Å². The fourth-order valence-corrected chi connectivity index (χ4v) is 2.59. The molecule has 98 valence electrons. The highest BCUT2D eigenvalue weighted by Crippen LogP contribution is 2.11. The predicted octanol–water partition coefficient (Wildman–Crippen LogP) is -0.0606. The van der Waals surface area contributed by atoms with Gasteiger partial charge < -0.3 is 20.4 Å². The molecule has 0 saturated carbocycles. The highest BCUT2D eigenvalue weighted by Gasteiger charge is 2.09. The van der Waals surface area contributed by atoms with Crippen molar-refractivity contribution in [1.82, 2.24) is 0 Å². The van der Waals surface area contributed by atoms with Gasteiger partial charge in [0.2, 0.25) is 0 Å². The van der Waals surface area contributed by atoms with Gasteiger partial charge in [0.15, 0.2) is 0 Å². The van der Waals surface area contributed by atoms with Crippen molar-refractivity contribution in [3.8, 4) is 0 Å². The summed E-state index contributed by atoms with van der Waals surface area (Å²) in [7, 11) is 0. The average Bonchev–Trinajstić information content (AvgIpc) is 2.27. The second kappa shape index (κ2) is 12.0. The van der Waals surface area contributed by atoms with E-state index in [2.05, 4.69) is 0 Å². The first-order valence-electron chi connectivity index (χ1n) is 5.44. The maximum atomic E-state index is 9.54. The van der Waals surface area contributed by atoms with Crippen LogP contribution in [0.3, 0.4) is 0 Å². The molecular formula is C10H22O4S2. The molecule has 0 radical (unpaired) electrons. The molecule has 0 aliphatic carbocycles. The van der Waals surface area contributed by atoms with E-state index >= 15 is 0 Å². The van der Waals surface area contributed by atoms with E-state index in [4.69, 9.17) is 10.2 Å². The van der Waals surface area contributed by atoms with E-state index in [9.17, 15) is 10.2 Å². The Labute approximate surface area is 105 Å². The van der Waals surface area contributed by atoms with Crippen LogP contribution in [0.2, 0.25) is 0 Å². The number of aliphatic hydroxyl groups is 4. The molecule has 4 N–H and O–H groups in total. The van der Waals surface area contributed by atoms with E-state index in [1.807, 2.05) is 0 Å². The smallest absolute Gasteiger partial charge is 0.0631 e. The first-order chi connectivity index (χ1) is 7.70. The Morgan fingerprint density at radius 1 is 0.750 bits per heavy atom. The summed E-state index contributed by atoms with van der Waals surface area (Å²) < 4.78 is 0. The number of aliphatic hydroxyl groups excluding tert-OH is 4. The number of thioether (sulfide) groups is 2. The van der Waals surface area contributed by atoms with Crippen molar-refractivity contribution in [1.29, 1.82) is 0 Å². The van der Waals surface area contributed by atoms with Crippen LogP contribution < -0.4 is 0 Å². The Balaban J connectivity index is 3.32. The monoisotopic (exact) mass is 270 g/mol. The molecule has 2 atom stereocenters. The molecule has 0 amide bonds. The Kier molecular flexibility index (Phi) is 12.4. The van der Waals surface area contributed by atoms with Gasteiger partial charge in [-0.15, -0.1) is 0 Å². The van der Waals surface area contributed by atoms with Gasteiger partial charge in [0.05, 0.1) is 25.4 Å². The van der Waals surface area contributed by atoms with Crippen molar-refractivity contribution in [2.75, 3.05) is 36.2 Å². The molecule has 16 heavy (non-hydrogen) atoms. The van der Waals surface area contributed by atoms with Gasteiger partial charge in [-0.05, 0) is 12.8 Å². The van der Waals surface area contributed by atoms with Gasteiger partial charge in [-0.3, -0.25) is 0 Å². The van der Waals surface area contributed by atoms with Crippen molar-refractivity contribution >= 4 is 23.5 Å². The molecule has 0 aliphatic heterocycles. The molecule has 0 aliphatic rings. The molecule has 0 aromatic rings. The van der Waals surface area contributed by atoms with Crippen molar-refractivity contribution in [2.24, 2.45) is 0 Å². The van der Waals surface area contributed by atoms with E-state index in [0.29, 0.717) is 35.9 Å². The highest BCUT2D eigenvalue weighted by atomic mass is 32.2. The lowest BCUT2D eigenvalue weighted by molar-refractivity contribution is 0.138. The maximum absolute atomic E-state index is 9.54. The fraction of sp³-hybridized carbons (Fsp3) is 1.00. The molecule has 0 aromatic carbocycles. The minimum absolute atomic E-state index is 0.137. The number of hydrogen-bond donors (Lipinski definition) is 4. The summed E-state index contributed by atoms with van der Waals surface area (Å²) in [6.45, 7) is 0.273. The van der Waals surface area contributed by atoms with Crippen LogP contribution in [0, 0.1) is 0 Å². The minimum atomic E-state index is -0.408. The van der Waals surface area contributed by atoms with Gasteiger partial charge in [-0.25, -0.2) is 0 Å². The molecule has 0 heterocycles. The van der Waals surface area contributed by atoms with Crippen LogP contribution in [0.5, 0.6) is 0 Å². The van der Waals surface area contributed by atoms with Gasteiger partial charge in [0, 0.05) is 23.0 Å². The Morgan fingerprint density at radius 3 is 1.44 bits per heavy atom. The maximum Gasteiger partial charge on any atom is 0.0631 e. The molecular weight excluding hydrogens is 248 g/mol. The summed E-state index contributed by atoms with van der Waals surface area (Å²) in [5.41, 5.74) is 0. The number of rotatable bonds is 11. The summed E-state index contributed by atoms with van der Waals surface area (Å²) in [5, 5.41) is 36.2. The van der Waals surface area contributed by atoms with Crippen LogP contribution in [0.15, 0.2) is 0 Å². The van der Waals surface area contributed by atoms with Crippen LogP contribution in [0.1, 0.15) is 12.8 Å². The largest absolute Gasteiger partial charge is 0.396 e. The predicted molar refractivity (Wildman–Crippen MR) is 70.1 cm³/mol. The zero-order valence-corrected chi connectivity index (χ0v) is 11.0. The third-order valence-corrected chi connectivity index (χ3v) is 4.11. The molecule has 0 saturated heterocycles. The first kappa shape index (κ1) is 16.5. The van der Waals surface area contributed by atoms with Crippen LogP contribution in [0.4, 0.5) is 0 Å². The summed E-state index contributed by atoms with van der Waals surface area (Å²) >= 11 is 3.03. The van der Waals surface area contributed by atoms with Crippen molar-refractivity contribution in [3.63, 3.8) is 0 Å². The molecule has 0 spiro atoms. The second-order valence-electron chi connectivity index (χ2n) is 3.48. The van der Waals surface area contributed by atoms with Gasteiger partial charge in [0.1, 0.15) is 0 Å². The van der Waals surface area contributed by atoms with Crippen LogP contribution in [0.25, 0.3) is 0 Å². The molecule has 0 bridgehead atoms. The third-order valence-electron chi connectivity index (χ3n) is 1.92. The van der Waals surface area contributed by atoms with Crippen molar-refractivity contribution in [2.45, 2.75) is 25.0 Å². The summed E-state index contributed by atoms with van der Waals surface area (Å²) in [4.78, 5) is 0. The Hall–Kier alpha value is 0.540. The SMILES string of the molecule is OCCSCC(O)CCC(O)CSCCO. The molecule has 6 heteroatoms. The molecule has 4 nitrogen and oxygen atoms in total. The van der Waals surface area contributed by atoms with Crippen LogP contribution in [-0.2, 0) is 0 Å². The lowest BCUT2D eigenvalue weighted by Gasteiger charge is -2.13. The van der Waals surface area contributed by atoms with E-state index in [1.165, 1.54) is 23.5 Å². The van der Waals surface area contributed by atoms with E-state index in [0.717, 1.165) is 0 Å². The molecule has 0 fully saturated rings. The van der Waals surface area contributed by atoms with Gasteiger partial charge in [0.25, 0.3) is 0 Å². The second-order valence-corrected chi connectivity index (χ2v) is 5.78. The standard InChI is InChI=1S/C10H22O4S2/c11-3-5-15-7-9(13)1-2-10(14)8-16-6-4-12/h9-14H,1-8H2. The highest BCUT2D eigenvalue weighted by molar-refractivity contribution is 7.99. The summed E-state index contributed by atoms with van der Waals surface area (Å²) in [5.74, 6) is 2.51. The van der Waals surface area contributed by atoms with Gasteiger partial charge in [-0.1, -0.05) is 0 Å². The number of hydrogen-bond acceptors (Lipinski definition) is 6. The normalized spacial score (nSPS) is 15.0. The van der Waals surface area contributed by atoms with E-state index < -0.39 is 12.2 Å². The fourth-order valence-electron chi connectivity index (χ4n) is 1.12. The average molecular weight is 270 g/mol. The van der Waals surface area contributed by atoms with Crippen molar-refractivity contribution in [3.05, 3.63) is 0 Å². The first-order valence-corrected chi connectivity index (χ1v) is 7.75. The molecule has 0 rings (SSSR count). The quantitative estimate of drug-likeness (QED) is 0.394. The third kappa shape index (κ3) is 11.0. The van der Waals surface area contributed by atoms with Crippen LogP contribution >= 0.6 is 23.5 Å². The van der Waals surface area contributed by atoms with Crippen LogP contribution in [-0.4, -0.2) is 68.9 Å². The minimum Gasteiger partial charge on any atom is -0.396 e. The molecule has 0 aromatic heterocycles. The topological polar surface area (TPSA) is 80.9 Å². The van der Waals surface area contributed by atoms with Crippen molar-refractivity contribution < 1.29 is 20.4 Å². The van der Waals surface area contributed by atoms with E-state index in [1.54, 1.807) is 0 Å². The van der Waals surface area contributed by atoms with E-state index in [-0.39, 0.29) is 13.2 Å². The lowest BCUT2D eigenvalue weighted by atomic mass is 10.1. The zero-order valence-electron chi connectivity index (χ0n) is 9.42. The van der Waals surface area contributed by atoms with Gasteiger partial charge >= 0.3 is 0 Å².